The summed E-state index contributed by atoms with van der Waals surface area (Å²) >= 11 is 0. The molecule has 2 N–H and O–H groups in total. The van der Waals surface area contributed by atoms with Crippen LogP contribution in [0.1, 0.15) is 61.5 Å². The predicted molar refractivity (Wildman–Crippen MR) is 221 cm³/mol. The fourth-order valence-corrected chi connectivity index (χ4v) is 7.30. The summed E-state index contributed by atoms with van der Waals surface area (Å²) in [4.78, 5) is 33.4. The SMILES string of the molecule is CCOC(=O)c1cc(-c2ccccc2)n2nc(C)c(-c3c(C)cccc3C)c2n1.Cc1cccc(C)c1-c1c(C)nn2c(-c3ccccc3)cc(C(=O)O)nc12.[Li+].[OH-]. The molecule has 58 heavy (non-hydrogen) atoms. The molecule has 0 aliphatic heterocycles. The second kappa shape index (κ2) is 17.8. The standard InChI is InChI=1S/C24H23N3O2.C22H19N3O2.Li.H2O/c1-5-29-24(28)19-14-20(18-12-7-6-8-13-18)27-23(25-19)22(17(4)26-27)21-15(2)10-9-11-16(21)3;1-13-8-7-9-14(2)19(13)20-15(3)24-25-18(16-10-5-4-6-11-16)12-17(22(26)27)23-21(20)25;;/h6-14H,5H2,1-4H3;4-12H,1-3H3,(H,26,27);;1H2/q;;+1;/p-1. The molecule has 0 spiro atoms. The van der Waals surface area contributed by atoms with E-state index in [-0.39, 0.29) is 35.7 Å². The number of carbonyl (C=O) groups is 2. The van der Waals surface area contributed by atoms with Crippen LogP contribution < -0.4 is 18.9 Å². The van der Waals surface area contributed by atoms with E-state index >= 15 is 0 Å². The van der Waals surface area contributed by atoms with Gasteiger partial charge in [-0.15, -0.1) is 0 Å². The first-order valence-corrected chi connectivity index (χ1v) is 18.4. The Labute approximate surface area is 348 Å². The molecule has 8 aromatic rings. The first kappa shape index (κ1) is 42.8. The number of rotatable bonds is 7. The maximum absolute atomic E-state index is 12.5. The van der Waals surface area contributed by atoms with Crippen molar-refractivity contribution >= 4 is 23.2 Å². The zero-order valence-corrected chi connectivity index (χ0v) is 33.9. The Bertz CT molecular complexity index is 2740. The number of esters is 1. The van der Waals surface area contributed by atoms with E-state index in [1.807, 2.05) is 117 Å². The molecule has 0 aliphatic rings. The van der Waals surface area contributed by atoms with Gasteiger partial charge in [0.25, 0.3) is 0 Å². The van der Waals surface area contributed by atoms with E-state index in [9.17, 15) is 14.7 Å². The molecule has 4 aromatic heterocycles. The Hall–Kier alpha value is -6.38. The van der Waals surface area contributed by atoms with Crippen LogP contribution in [-0.4, -0.2) is 58.3 Å². The molecule has 0 bridgehead atoms. The molecule has 0 unspecified atom stereocenters. The molecule has 0 saturated heterocycles. The third kappa shape index (κ3) is 8.06. The smallest absolute Gasteiger partial charge is 0.870 e. The number of nitrogens with zero attached hydrogens (tertiary/aromatic N) is 6. The molecule has 12 heteroatoms. The number of carboxylic acids is 1. The van der Waals surface area contributed by atoms with E-state index in [4.69, 9.17) is 14.9 Å². The number of aromatic carboxylic acids is 1. The number of benzene rings is 4. The third-order valence-electron chi connectivity index (χ3n) is 9.83. The van der Waals surface area contributed by atoms with E-state index < -0.39 is 11.9 Å². The van der Waals surface area contributed by atoms with Crippen LogP contribution >= 0.6 is 0 Å². The summed E-state index contributed by atoms with van der Waals surface area (Å²) in [5.41, 5.74) is 15.1. The number of carbonyl (C=O) groups excluding carboxylic acids is 1. The summed E-state index contributed by atoms with van der Waals surface area (Å²) in [7, 11) is 0. The van der Waals surface area contributed by atoms with Crippen molar-refractivity contribution in [3.63, 3.8) is 0 Å². The van der Waals surface area contributed by atoms with Crippen molar-refractivity contribution < 1.29 is 43.8 Å². The summed E-state index contributed by atoms with van der Waals surface area (Å²) in [6, 6.07) is 35.2. The van der Waals surface area contributed by atoms with Gasteiger partial charge in [0, 0.05) is 11.1 Å². The van der Waals surface area contributed by atoms with Crippen LogP contribution in [0.4, 0.5) is 0 Å². The minimum absolute atomic E-state index is 0. The summed E-state index contributed by atoms with van der Waals surface area (Å²) in [5.74, 6) is -1.49. The molecule has 288 valence electrons. The van der Waals surface area contributed by atoms with Crippen molar-refractivity contribution in [1.82, 2.24) is 29.2 Å². The zero-order chi connectivity index (χ0) is 39.7. The van der Waals surface area contributed by atoms with Gasteiger partial charge in [-0.25, -0.2) is 28.6 Å². The topological polar surface area (TPSA) is 154 Å². The normalized spacial score (nSPS) is 10.7. The first-order chi connectivity index (χ1) is 27.0. The van der Waals surface area contributed by atoms with Gasteiger partial charge < -0.3 is 15.3 Å². The first-order valence-electron chi connectivity index (χ1n) is 18.4. The maximum atomic E-state index is 12.5. The Morgan fingerprint density at radius 3 is 1.33 bits per heavy atom. The largest absolute Gasteiger partial charge is 1.00 e. The Morgan fingerprint density at radius 1 is 0.569 bits per heavy atom. The molecule has 4 heterocycles. The molecule has 0 aliphatic carbocycles. The van der Waals surface area contributed by atoms with Crippen LogP contribution in [0.5, 0.6) is 0 Å². The van der Waals surface area contributed by atoms with Gasteiger partial charge >= 0.3 is 30.8 Å². The molecule has 0 fully saturated rings. The van der Waals surface area contributed by atoms with Crippen LogP contribution in [-0.2, 0) is 4.74 Å². The molecule has 8 rings (SSSR count). The molecular formula is C46H43LiN6O5. The number of carboxylic acid groups (broad SMARTS) is 1. The Balaban J connectivity index is 0.000000214. The van der Waals surface area contributed by atoms with E-state index in [1.54, 1.807) is 23.6 Å². The van der Waals surface area contributed by atoms with Crippen molar-refractivity contribution in [2.75, 3.05) is 6.61 Å². The summed E-state index contributed by atoms with van der Waals surface area (Å²) in [6.07, 6.45) is 0. The molecule has 0 amide bonds. The van der Waals surface area contributed by atoms with Gasteiger partial charge in [0.1, 0.15) is 0 Å². The van der Waals surface area contributed by atoms with Crippen molar-refractivity contribution in [2.24, 2.45) is 0 Å². The van der Waals surface area contributed by atoms with E-state index in [0.717, 1.165) is 72.7 Å². The average Bonchev–Trinajstić information content (AvgIpc) is 3.69. The second-order valence-electron chi connectivity index (χ2n) is 13.7. The van der Waals surface area contributed by atoms with E-state index in [0.29, 0.717) is 23.6 Å². The molecule has 0 saturated carbocycles. The van der Waals surface area contributed by atoms with E-state index in [2.05, 4.69) is 35.9 Å². The predicted octanol–water partition coefficient (Wildman–Crippen LogP) is 6.68. The minimum atomic E-state index is -1.05. The van der Waals surface area contributed by atoms with Gasteiger partial charge in [-0.05, 0) is 94.0 Å². The Kier molecular flexibility index (Phi) is 13.1. The third-order valence-corrected chi connectivity index (χ3v) is 9.83. The van der Waals surface area contributed by atoms with Crippen LogP contribution in [0.25, 0.3) is 56.1 Å². The zero-order valence-electron chi connectivity index (χ0n) is 33.9. The second-order valence-corrected chi connectivity index (χ2v) is 13.7. The van der Waals surface area contributed by atoms with Crippen LogP contribution in [0, 0.1) is 41.5 Å². The van der Waals surface area contributed by atoms with Crippen molar-refractivity contribution in [3.05, 3.63) is 154 Å². The molecule has 0 radical (unpaired) electrons. The van der Waals surface area contributed by atoms with Gasteiger partial charge in [-0.1, -0.05) is 97.1 Å². The van der Waals surface area contributed by atoms with Gasteiger partial charge in [-0.3, -0.25) is 0 Å². The summed E-state index contributed by atoms with van der Waals surface area (Å²) < 4.78 is 8.81. The van der Waals surface area contributed by atoms with Crippen molar-refractivity contribution in [2.45, 2.75) is 48.5 Å². The van der Waals surface area contributed by atoms with Crippen LogP contribution in [0.2, 0.25) is 0 Å². The number of hydrogen-bond donors (Lipinski definition) is 1. The molecule has 4 aromatic carbocycles. The van der Waals surface area contributed by atoms with Crippen molar-refractivity contribution in [1.29, 1.82) is 0 Å². The fraction of sp³-hybridized carbons (Fsp3) is 0.174. The summed E-state index contributed by atoms with van der Waals surface area (Å²) in [6.45, 7) is 14.3. The fourth-order valence-electron chi connectivity index (χ4n) is 7.30. The number of hydrogen-bond acceptors (Lipinski definition) is 8. The molecule has 0 atom stereocenters. The summed E-state index contributed by atoms with van der Waals surface area (Å²) in [5, 5.41) is 19.1. The van der Waals surface area contributed by atoms with Crippen LogP contribution in [0.15, 0.2) is 109 Å². The maximum Gasteiger partial charge on any atom is 1.00 e. The number of aryl methyl sites for hydroxylation is 6. The molecule has 11 nitrogen and oxygen atoms in total. The van der Waals surface area contributed by atoms with E-state index in [1.165, 1.54) is 0 Å². The number of fused-ring (bicyclic) bond motifs is 2. The number of ether oxygens (including phenoxy) is 1. The van der Waals surface area contributed by atoms with Crippen molar-refractivity contribution in [3.8, 4) is 44.8 Å². The van der Waals surface area contributed by atoms with Gasteiger partial charge in [-0.2, -0.15) is 10.2 Å². The number of aromatic nitrogens is 6. The van der Waals surface area contributed by atoms with Crippen LogP contribution in [0.3, 0.4) is 0 Å². The quantitative estimate of drug-likeness (QED) is 0.138. The minimum Gasteiger partial charge on any atom is -0.870 e. The monoisotopic (exact) mass is 766 g/mol. The average molecular weight is 767 g/mol. The van der Waals surface area contributed by atoms with Gasteiger partial charge in [0.05, 0.1) is 40.5 Å². The van der Waals surface area contributed by atoms with Gasteiger partial charge in [0.15, 0.2) is 22.7 Å². The van der Waals surface area contributed by atoms with Gasteiger partial charge in [0.2, 0.25) is 0 Å². The Morgan fingerprint density at radius 2 is 0.948 bits per heavy atom. The molecular weight excluding hydrogens is 723 g/mol.